The molecule has 108 valence electrons. The van der Waals surface area contributed by atoms with Crippen molar-refractivity contribution < 1.29 is 8.42 Å². The van der Waals surface area contributed by atoms with Crippen LogP contribution in [-0.2, 0) is 16.6 Å². The van der Waals surface area contributed by atoms with Crippen molar-refractivity contribution in [3.05, 3.63) is 58.9 Å². The van der Waals surface area contributed by atoms with Gasteiger partial charge in [-0.2, -0.15) is 9.57 Å². The van der Waals surface area contributed by atoms with Gasteiger partial charge in [-0.15, -0.1) is 0 Å². The molecule has 5 nitrogen and oxygen atoms in total. The van der Waals surface area contributed by atoms with E-state index >= 15 is 0 Å². The molecule has 0 aliphatic rings. The van der Waals surface area contributed by atoms with Crippen LogP contribution in [0.3, 0.4) is 0 Å². The Morgan fingerprint density at radius 1 is 1.38 bits per heavy atom. The molecule has 21 heavy (non-hydrogen) atoms. The first-order valence-corrected chi connectivity index (χ1v) is 7.82. The zero-order chi connectivity index (χ0) is 15.5. The number of sulfonamides is 1. The number of benzene rings is 1. The number of aromatic nitrogens is 1. The molecule has 0 N–H and O–H groups in total. The highest BCUT2D eigenvalue weighted by molar-refractivity contribution is 7.89. The van der Waals surface area contributed by atoms with Gasteiger partial charge in [-0.25, -0.2) is 8.42 Å². The quantitative estimate of drug-likeness (QED) is 0.866. The molecule has 0 spiro atoms. The second-order valence-electron chi connectivity index (χ2n) is 4.38. The predicted molar refractivity (Wildman–Crippen MR) is 79.1 cm³/mol. The molecule has 0 atom stereocenters. The van der Waals surface area contributed by atoms with Gasteiger partial charge in [0.05, 0.1) is 16.7 Å². The highest BCUT2D eigenvalue weighted by atomic mass is 35.5. The van der Waals surface area contributed by atoms with Crippen LogP contribution < -0.4 is 0 Å². The number of hydrogen-bond donors (Lipinski definition) is 0. The van der Waals surface area contributed by atoms with Crippen molar-refractivity contribution >= 4 is 21.6 Å². The highest BCUT2D eigenvalue weighted by Gasteiger charge is 2.24. The van der Waals surface area contributed by atoms with Gasteiger partial charge >= 0.3 is 0 Å². The van der Waals surface area contributed by atoms with Crippen LogP contribution in [0.25, 0.3) is 0 Å². The normalized spacial score (nSPS) is 11.3. The van der Waals surface area contributed by atoms with E-state index in [-0.39, 0.29) is 22.0 Å². The second kappa shape index (κ2) is 6.22. The van der Waals surface area contributed by atoms with Gasteiger partial charge in [0.1, 0.15) is 4.90 Å². The maximum atomic E-state index is 12.5. The monoisotopic (exact) mass is 321 g/mol. The summed E-state index contributed by atoms with van der Waals surface area (Å²) in [6.45, 7) is 0.170. The number of rotatable bonds is 4. The van der Waals surface area contributed by atoms with Crippen molar-refractivity contribution in [3.63, 3.8) is 0 Å². The predicted octanol–water partition coefficient (Wildman–Crippen LogP) is 2.43. The van der Waals surface area contributed by atoms with Crippen molar-refractivity contribution in [1.82, 2.24) is 9.29 Å². The first-order chi connectivity index (χ1) is 9.95. The maximum Gasteiger partial charge on any atom is 0.244 e. The average Bonchev–Trinajstić information content (AvgIpc) is 2.48. The molecule has 0 aliphatic carbocycles. The van der Waals surface area contributed by atoms with Crippen LogP contribution in [0, 0.1) is 11.3 Å². The standard InChI is InChI=1S/C14H12ClN3O2S/c1-18(10-12-3-2-6-17-9-12)21(19,20)14-7-11(8-16)4-5-13(14)15/h2-7,9H,10H2,1H3. The molecular weight excluding hydrogens is 310 g/mol. The maximum absolute atomic E-state index is 12.5. The fourth-order valence-electron chi connectivity index (χ4n) is 1.77. The number of pyridine rings is 1. The number of nitrogens with zero attached hydrogens (tertiary/aromatic N) is 3. The first kappa shape index (κ1) is 15.4. The minimum absolute atomic E-state index is 0.0744. The Balaban J connectivity index is 2.36. The Labute approximate surface area is 128 Å². The Morgan fingerprint density at radius 2 is 2.14 bits per heavy atom. The van der Waals surface area contributed by atoms with Gasteiger partial charge in [0.25, 0.3) is 0 Å². The van der Waals surface area contributed by atoms with Crippen LogP contribution in [0.15, 0.2) is 47.6 Å². The molecule has 0 unspecified atom stereocenters. The average molecular weight is 322 g/mol. The van der Waals surface area contributed by atoms with Crippen LogP contribution in [0.2, 0.25) is 5.02 Å². The zero-order valence-corrected chi connectivity index (χ0v) is 12.8. The van der Waals surface area contributed by atoms with E-state index in [9.17, 15) is 8.42 Å². The van der Waals surface area contributed by atoms with Gasteiger partial charge in [-0.05, 0) is 29.8 Å². The van der Waals surface area contributed by atoms with Gasteiger partial charge in [0.15, 0.2) is 0 Å². The number of hydrogen-bond acceptors (Lipinski definition) is 4. The summed E-state index contributed by atoms with van der Waals surface area (Å²) in [6, 6.07) is 9.58. The molecule has 0 aliphatic heterocycles. The molecule has 0 fully saturated rings. The Morgan fingerprint density at radius 3 is 2.76 bits per heavy atom. The minimum Gasteiger partial charge on any atom is -0.264 e. The zero-order valence-electron chi connectivity index (χ0n) is 11.2. The number of nitriles is 1. The Kier molecular flexibility index (Phi) is 4.58. The van der Waals surface area contributed by atoms with Crippen molar-refractivity contribution in [2.45, 2.75) is 11.4 Å². The van der Waals surface area contributed by atoms with Gasteiger partial charge < -0.3 is 0 Å². The smallest absolute Gasteiger partial charge is 0.244 e. The molecule has 1 heterocycles. The molecule has 0 saturated heterocycles. The van der Waals surface area contributed by atoms with Gasteiger partial charge in [-0.3, -0.25) is 4.98 Å². The Hall–Kier alpha value is -1.94. The van der Waals surface area contributed by atoms with Crippen LogP contribution in [0.4, 0.5) is 0 Å². The van der Waals surface area contributed by atoms with Crippen molar-refractivity contribution in [1.29, 1.82) is 5.26 Å². The summed E-state index contributed by atoms with van der Waals surface area (Å²) >= 11 is 5.96. The minimum atomic E-state index is -3.78. The van der Waals surface area contributed by atoms with Crippen molar-refractivity contribution in [3.8, 4) is 6.07 Å². The third kappa shape index (κ3) is 3.39. The summed E-state index contributed by atoms with van der Waals surface area (Å²) in [5.41, 5.74) is 1.00. The van der Waals surface area contributed by atoms with E-state index in [1.807, 2.05) is 6.07 Å². The lowest BCUT2D eigenvalue weighted by Crippen LogP contribution is -2.26. The third-order valence-corrected chi connectivity index (χ3v) is 5.16. The van der Waals surface area contributed by atoms with Crippen molar-refractivity contribution in [2.24, 2.45) is 0 Å². The van der Waals surface area contributed by atoms with Gasteiger partial charge in [0, 0.05) is 26.0 Å². The lowest BCUT2D eigenvalue weighted by atomic mass is 10.2. The van der Waals surface area contributed by atoms with E-state index in [0.717, 1.165) is 5.56 Å². The van der Waals surface area contributed by atoms with E-state index in [0.29, 0.717) is 0 Å². The number of halogens is 1. The summed E-state index contributed by atoms with van der Waals surface area (Å²) < 4.78 is 26.2. The largest absolute Gasteiger partial charge is 0.264 e. The van der Waals surface area contributed by atoms with E-state index in [2.05, 4.69) is 4.98 Å². The molecule has 0 radical (unpaired) electrons. The summed E-state index contributed by atoms with van der Waals surface area (Å²) in [5.74, 6) is 0. The first-order valence-electron chi connectivity index (χ1n) is 6.00. The molecule has 0 saturated carbocycles. The second-order valence-corrected chi connectivity index (χ2v) is 6.80. The lowest BCUT2D eigenvalue weighted by Gasteiger charge is -2.18. The van der Waals surface area contributed by atoms with Crippen LogP contribution >= 0.6 is 11.6 Å². The highest BCUT2D eigenvalue weighted by Crippen LogP contribution is 2.25. The van der Waals surface area contributed by atoms with Crippen molar-refractivity contribution in [2.75, 3.05) is 7.05 Å². The van der Waals surface area contributed by atoms with E-state index in [4.69, 9.17) is 16.9 Å². The molecule has 1 aromatic heterocycles. The molecule has 2 aromatic rings. The van der Waals surface area contributed by atoms with E-state index < -0.39 is 10.0 Å². The van der Waals surface area contributed by atoms with Crippen LogP contribution in [0.5, 0.6) is 0 Å². The molecule has 0 bridgehead atoms. The van der Waals surface area contributed by atoms with E-state index in [1.165, 1.54) is 29.6 Å². The summed E-state index contributed by atoms with van der Waals surface area (Å²) in [5, 5.41) is 8.97. The van der Waals surface area contributed by atoms with Gasteiger partial charge in [0.2, 0.25) is 10.0 Å². The molecule has 7 heteroatoms. The Bertz CT molecular complexity index is 786. The fourth-order valence-corrected chi connectivity index (χ4v) is 3.43. The van der Waals surface area contributed by atoms with Crippen LogP contribution in [0.1, 0.15) is 11.1 Å². The van der Waals surface area contributed by atoms with Gasteiger partial charge in [-0.1, -0.05) is 17.7 Å². The van der Waals surface area contributed by atoms with Crippen LogP contribution in [-0.4, -0.2) is 24.8 Å². The molecule has 0 amide bonds. The SMILES string of the molecule is CN(Cc1cccnc1)S(=O)(=O)c1cc(C#N)ccc1Cl. The topological polar surface area (TPSA) is 74.1 Å². The molecular formula is C14H12ClN3O2S. The summed E-state index contributed by atoms with van der Waals surface area (Å²) in [4.78, 5) is 3.87. The summed E-state index contributed by atoms with van der Waals surface area (Å²) in [7, 11) is -2.32. The third-order valence-electron chi connectivity index (χ3n) is 2.88. The van der Waals surface area contributed by atoms with E-state index in [1.54, 1.807) is 24.5 Å². The molecule has 2 rings (SSSR count). The fraction of sp³-hybridized carbons (Fsp3) is 0.143. The molecule has 1 aromatic carbocycles. The lowest BCUT2D eigenvalue weighted by molar-refractivity contribution is 0.466. The summed E-state index contributed by atoms with van der Waals surface area (Å²) in [6.07, 6.45) is 3.21.